The van der Waals surface area contributed by atoms with E-state index in [0.29, 0.717) is 5.69 Å². The van der Waals surface area contributed by atoms with Gasteiger partial charge in [0.1, 0.15) is 10.7 Å². The first kappa shape index (κ1) is 13.7. The molecule has 2 aromatic rings. The second-order valence-corrected chi connectivity index (χ2v) is 5.21. The summed E-state index contributed by atoms with van der Waals surface area (Å²) in [5.41, 5.74) is 8.11. The van der Waals surface area contributed by atoms with Crippen molar-refractivity contribution >= 4 is 22.9 Å². The Balaban J connectivity index is 2.16. The van der Waals surface area contributed by atoms with Gasteiger partial charge in [-0.05, 0) is 25.0 Å². The first-order chi connectivity index (χ1) is 9.11. The highest BCUT2D eigenvalue weighted by molar-refractivity contribution is 7.09. The van der Waals surface area contributed by atoms with Gasteiger partial charge < -0.3 is 11.1 Å². The third kappa shape index (κ3) is 3.19. The van der Waals surface area contributed by atoms with Crippen LogP contribution in [0.2, 0.25) is 0 Å². The van der Waals surface area contributed by atoms with E-state index in [1.165, 1.54) is 11.3 Å². The van der Waals surface area contributed by atoms with E-state index in [4.69, 9.17) is 5.73 Å². The smallest absolute Gasteiger partial charge is 0.275 e. The number of benzene rings is 1. The molecule has 1 unspecified atom stereocenters. The van der Waals surface area contributed by atoms with Crippen molar-refractivity contribution in [2.75, 3.05) is 5.32 Å². The Hall–Kier alpha value is -1.72. The Bertz CT molecular complexity index is 578. The molecule has 2 rings (SSSR count). The molecule has 1 atom stereocenters. The molecule has 0 aliphatic carbocycles. The third-order valence-corrected chi connectivity index (χ3v) is 3.84. The van der Waals surface area contributed by atoms with Crippen LogP contribution < -0.4 is 11.1 Å². The van der Waals surface area contributed by atoms with Gasteiger partial charge in [0.25, 0.3) is 5.91 Å². The average Bonchev–Trinajstić information content (AvgIpc) is 2.89. The highest BCUT2D eigenvalue weighted by atomic mass is 32.1. The van der Waals surface area contributed by atoms with Gasteiger partial charge in [-0.2, -0.15) is 0 Å². The van der Waals surface area contributed by atoms with E-state index < -0.39 is 0 Å². The molecule has 0 spiro atoms. The fraction of sp³-hybridized carbons (Fsp3) is 0.286. The molecule has 0 saturated carbocycles. The number of aryl methyl sites for hydroxylation is 1. The molecule has 1 aromatic carbocycles. The molecule has 4 nitrogen and oxygen atoms in total. The Morgan fingerprint density at radius 2 is 2.21 bits per heavy atom. The van der Waals surface area contributed by atoms with Crippen molar-refractivity contribution in [3.63, 3.8) is 0 Å². The number of rotatable bonds is 4. The molecular weight excluding hydrogens is 258 g/mol. The topological polar surface area (TPSA) is 68.0 Å². The molecule has 1 heterocycles. The minimum Gasteiger partial charge on any atom is -0.322 e. The summed E-state index contributed by atoms with van der Waals surface area (Å²) < 4.78 is 0. The van der Waals surface area contributed by atoms with Crippen LogP contribution in [0.15, 0.2) is 29.6 Å². The van der Waals surface area contributed by atoms with Crippen LogP contribution >= 0.6 is 11.3 Å². The second kappa shape index (κ2) is 5.95. The minimum atomic E-state index is -0.191. The molecular formula is C14H17N3OS. The summed E-state index contributed by atoms with van der Waals surface area (Å²) in [5.74, 6) is -0.191. The zero-order chi connectivity index (χ0) is 13.8. The Morgan fingerprint density at radius 1 is 1.47 bits per heavy atom. The summed E-state index contributed by atoms with van der Waals surface area (Å²) in [6, 6.07) is 7.63. The van der Waals surface area contributed by atoms with E-state index in [1.54, 1.807) is 5.38 Å². The van der Waals surface area contributed by atoms with Crippen molar-refractivity contribution in [3.05, 3.63) is 45.9 Å². The molecule has 100 valence electrons. The molecule has 5 heteroatoms. The average molecular weight is 275 g/mol. The van der Waals surface area contributed by atoms with Crippen LogP contribution in [0.1, 0.15) is 40.9 Å². The molecule has 3 N–H and O–H groups in total. The van der Waals surface area contributed by atoms with Crippen LogP contribution in [-0.2, 0) is 6.42 Å². The lowest BCUT2D eigenvalue weighted by Crippen LogP contribution is -2.14. The standard InChI is InChI=1S/C14H17N3OS/c1-3-10-6-4-5-7-11(10)16-13(18)12-8-19-14(17-12)9(2)15/h4-9H,3,15H2,1-2H3,(H,16,18). The Kier molecular flexibility index (Phi) is 4.29. The molecule has 0 fully saturated rings. The number of nitrogens with zero attached hydrogens (tertiary/aromatic N) is 1. The van der Waals surface area contributed by atoms with Gasteiger partial charge in [0, 0.05) is 11.1 Å². The van der Waals surface area contributed by atoms with Gasteiger partial charge in [0.2, 0.25) is 0 Å². The van der Waals surface area contributed by atoms with Crippen molar-refractivity contribution in [1.82, 2.24) is 4.98 Å². The van der Waals surface area contributed by atoms with E-state index in [2.05, 4.69) is 17.2 Å². The third-order valence-electron chi connectivity index (χ3n) is 2.79. The SMILES string of the molecule is CCc1ccccc1NC(=O)c1csc(C(C)N)n1. The zero-order valence-electron chi connectivity index (χ0n) is 11.0. The first-order valence-corrected chi connectivity index (χ1v) is 7.10. The molecule has 0 aliphatic rings. The maximum Gasteiger partial charge on any atom is 0.275 e. The van der Waals surface area contributed by atoms with Gasteiger partial charge in [-0.1, -0.05) is 25.1 Å². The molecule has 19 heavy (non-hydrogen) atoms. The number of thiazole rings is 1. The highest BCUT2D eigenvalue weighted by Crippen LogP contribution is 2.19. The summed E-state index contributed by atoms with van der Waals surface area (Å²) >= 11 is 1.41. The minimum absolute atomic E-state index is 0.144. The van der Waals surface area contributed by atoms with Crippen LogP contribution in [0.4, 0.5) is 5.69 Å². The number of nitrogens with one attached hydrogen (secondary N) is 1. The van der Waals surface area contributed by atoms with Crippen LogP contribution in [-0.4, -0.2) is 10.9 Å². The van der Waals surface area contributed by atoms with Gasteiger partial charge in [-0.3, -0.25) is 4.79 Å². The predicted molar refractivity (Wildman–Crippen MR) is 78.5 cm³/mol. The van der Waals surface area contributed by atoms with E-state index in [9.17, 15) is 4.79 Å². The number of hydrogen-bond acceptors (Lipinski definition) is 4. The summed E-state index contributed by atoms with van der Waals surface area (Å²) in [4.78, 5) is 16.4. The molecule has 0 aliphatic heterocycles. The van der Waals surface area contributed by atoms with Crippen molar-refractivity contribution in [1.29, 1.82) is 0 Å². The van der Waals surface area contributed by atoms with Crippen molar-refractivity contribution in [3.8, 4) is 0 Å². The molecule has 0 saturated heterocycles. The van der Waals surface area contributed by atoms with Crippen LogP contribution in [0.3, 0.4) is 0 Å². The van der Waals surface area contributed by atoms with Crippen molar-refractivity contribution in [2.24, 2.45) is 5.73 Å². The largest absolute Gasteiger partial charge is 0.322 e. The maximum absolute atomic E-state index is 12.1. The number of aromatic nitrogens is 1. The first-order valence-electron chi connectivity index (χ1n) is 6.22. The van der Waals surface area contributed by atoms with Crippen LogP contribution in [0, 0.1) is 0 Å². The van der Waals surface area contributed by atoms with E-state index in [-0.39, 0.29) is 11.9 Å². The van der Waals surface area contributed by atoms with Gasteiger partial charge in [-0.15, -0.1) is 11.3 Å². The number of carbonyl (C=O) groups excluding carboxylic acids is 1. The number of nitrogens with two attached hydrogens (primary N) is 1. The van der Waals surface area contributed by atoms with Gasteiger partial charge >= 0.3 is 0 Å². The number of amides is 1. The maximum atomic E-state index is 12.1. The van der Waals surface area contributed by atoms with E-state index >= 15 is 0 Å². The molecule has 0 radical (unpaired) electrons. The number of anilines is 1. The summed E-state index contributed by atoms with van der Waals surface area (Å²) in [5, 5.41) is 5.41. The predicted octanol–water partition coefficient (Wildman–Crippen LogP) is 2.98. The van der Waals surface area contributed by atoms with Crippen molar-refractivity contribution in [2.45, 2.75) is 26.3 Å². The van der Waals surface area contributed by atoms with Crippen molar-refractivity contribution < 1.29 is 4.79 Å². The lowest BCUT2D eigenvalue weighted by Gasteiger charge is -2.08. The van der Waals surface area contributed by atoms with Crippen LogP contribution in [0.25, 0.3) is 0 Å². The van der Waals surface area contributed by atoms with Crippen LogP contribution in [0.5, 0.6) is 0 Å². The Morgan fingerprint density at radius 3 is 2.84 bits per heavy atom. The molecule has 1 aromatic heterocycles. The molecule has 1 amide bonds. The number of carbonyl (C=O) groups is 1. The number of hydrogen-bond donors (Lipinski definition) is 2. The van der Waals surface area contributed by atoms with Gasteiger partial charge in [0.15, 0.2) is 0 Å². The van der Waals surface area contributed by atoms with E-state index in [0.717, 1.165) is 22.7 Å². The fourth-order valence-corrected chi connectivity index (χ4v) is 2.50. The van der Waals surface area contributed by atoms with E-state index in [1.807, 2.05) is 31.2 Å². The summed E-state index contributed by atoms with van der Waals surface area (Å²) in [6.45, 7) is 3.91. The number of para-hydroxylation sites is 1. The zero-order valence-corrected chi connectivity index (χ0v) is 11.8. The van der Waals surface area contributed by atoms with Gasteiger partial charge in [-0.25, -0.2) is 4.98 Å². The second-order valence-electron chi connectivity index (χ2n) is 4.32. The highest BCUT2D eigenvalue weighted by Gasteiger charge is 2.13. The fourth-order valence-electron chi connectivity index (χ4n) is 1.74. The normalized spacial score (nSPS) is 12.2. The summed E-state index contributed by atoms with van der Waals surface area (Å²) in [6.07, 6.45) is 0.874. The van der Waals surface area contributed by atoms with Gasteiger partial charge in [0.05, 0.1) is 6.04 Å². The lowest BCUT2D eigenvalue weighted by molar-refractivity contribution is 0.102. The monoisotopic (exact) mass is 275 g/mol. The quantitative estimate of drug-likeness (QED) is 0.901. The lowest BCUT2D eigenvalue weighted by atomic mass is 10.1. The molecule has 0 bridgehead atoms. The Labute approximate surface area is 116 Å². The summed E-state index contributed by atoms with van der Waals surface area (Å²) in [7, 11) is 0.